The number of H-pyrrole nitrogens is 2. The van der Waals surface area contributed by atoms with Crippen LogP contribution in [0.2, 0.25) is 0 Å². The van der Waals surface area contributed by atoms with Gasteiger partial charge in [0, 0.05) is 0 Å². The summed E-state index contributed by atoms with van der Waals surface area (Å²) >= 11 is 0. The van der Waals surface area contributed by atoms with Gasteiger partial charge in [0.25, 0.3) is 5.56 Å². The Morgan fingerprint density at radius 3 is 2.93 bits per heavy atom. The van der Waals surface area contributed by atoms with Crippen molar-refractivity contribution in [2.45, 2.75) is 6.92 Å². The Morgan fingerprint density at radius 1 is 1.53 bits per heavy atom. The van der Waals surface area contributed by atoms with Crippen molar-refractivity contribution < 1.29 is 0 Å². The van der Waals surface area contributed by atoms with Crippen molar-refractivity contribution >= 4 is 17.6 Å². The third-order valence-electron chi connectivity index (χ3n) is 1.65. The van der Waals surface area contributed by atoms with Crippen molar-refractivity contribution in [1.29, 1.82) is 0 Å². The summed E-state index contributed by atoms with van der Waals surface area (Å²) < 4.78 is 0. The number of aromatic nitrogens is 5. The molecule has 0 saturated heterocycles. The second-order valence-corrected chi connectivity index (χ2v) is 2.89. The quantitative estimate of drug-likeness (QED) is 0.527. The van der Waals surface area contributed by atoms with Crippen molar-refractivity contribution in [3.8, 4) is 0 Å². The van der Waals surface area contributed by atoms with Crippen LogP contribution in [0.5, 0.6) is 0 Å². The molecule has 0 aliphatic rings. The molecule has 0 spiro atoms. The van der Waals surface area contributed by atoms with Crippen LogP contribution >= 0.6 is 0 Å². The molecular formula is C7H9N7O. The summed E-state index contributed by atoms with van der Waals surface area (Å²) in [7, 11) is 0. The lowest BCUT2D eigenvalue weighted by atomic mass is 10.5. The smallest absolute Gasteiger partial charge is 0.275 e. The zero-order chi connectivity index (χ0) is 10.8. The molecule has 0 aliphatic heterocycles. The Balaban J connectivity index is 2.25. The topological polar surface area (TPSA) is 125 Å². The lowest BCUT2D eigenvalue weighted by Crippen LogP contribution is -2.14. The third kappa shape index (κ3) is 1.93. The van der Waals surface area contributed by atoms with Gasteiger partial charge in [0.15, 0.2) is 0 Å². The van der Waals surface area contributed by atoms with Gasteiger partial charge in [-0.2, -0.15) is 4.98 Å². The normalized spacial score (nSPS) is 10.2. The van der Waals surface area contributed by atoms with E-state index in [9.17, 15) is 4.79 Å². The Kier molecular flexibility index (Phi) is 2.08. The third-order valence-corrected chi connectivity index (χ3v) is 1.65. The maximum atomic E-state index is 11.1. The van der Waals surface area contributed by atoms with E-state index in [-0.39, 0.29) is 11.6 Å². The van der Waals surface area contributed by atoms with Crippen molar-refractivity contribution in [3.63, 3.8) is 0 Å². The van der Waals surface area contributed by atoms with Crippen molar-refractivity contribution in [2.24, 2.45) is 0 Å². The predicted octanol–water partition coefficient (Wildman–Crippen LogP) is -0.478. The van der Waals surface area contributed by atoms with Crippen LogP contribution in [0, 0.1) is 6.92 Å². The summed E-state index contributed by atoms with van der Waals surface area (Å²) in [6.45, 7) is 1.76. The van der Waals surface area contributed by atoms with Crippen molar-refractivity contribution in [2.75, 3.05) is 11.1 Å². The maximum absolute atomic E-state index is 11.1. The first-order valence-electron chi connectivity index (χ1n) is 4.16. The largest absolute Gasteiger partial charge is 0.393 e. The Morgan fingerprint density at radius 2 is 2.33 bits per heavy atom. The van der Waals surface area contributed by atoms with Gasteiger partial charge in [0.05, 0.1) is 6.20 Å². The fourth-order valence-electron chi connectivity index (χ4n) is 0.973. The molecule has 0 aliphatic carbocycles. The van der Waals surface area contributed by atoms with Crippen LogP contribution in [0.3, 0.4) is 0 Å². The van der Waals surface area contributed by atoms with Gasteiger partial charge >= 0.3 is 0 Å². The van der Waals surface area contributed by atoms with E-state index in [1.165, 1.54) is 6.20 Å². The summed E-state index contributed by atoms with van der Waals surface area (Å²) in [4.78, 5) is 21.4. The molecule has 15 heavy (non-hydrogen) atoms. The highest BCUT2D eigenvalue weighted by atomic mass is 16.1. The van der Waals surface area contributed by atoms with E-state index in [0.29, 0.717) is 11.8 Å². The molecule has 0 fully saturated rings. The monoisotopic (exact) mass is 207 g/mol. The van der Waals surface area contributed by atoms with Gasteiger partial charge < -0.3 is 5.73 Å². The van der Waals surface area contributed by atoms with E-state index in [4.69, 9.17) is 5.73 Å². The highest BCUT2D eigenvalue weighted by molar-refractivity contribution is 5.44. The molecule has 2 rings (SSSR count). The lowest BCUT2D eigenvalue weighted by molar-refractivity contribution is 1.03. The fraction of sp³-hybridized carbons (Fsp3) is 0.143. The van der Waals surface area contributed by atoms with Crippen LogP contribution in [-0.2, 0) is 0 Å². The van der Waals surface area contributed by atoms with Gasteiger partial charge in [-0.15, -0.1) is 5.10 Å². The molecule has 0 amide bonds. The van der Waals surface area contributed by atoms with Gasteiger partial charge in [-0.1, -0.05) is 0 Å². The number of hydrogen-bond acceptors (Lipinski definition) is 6. The number of aromatic amines is 2. The van der Waals surface area contributed by atoms with E-state index in [1.54, 1.807) is 6.92 Å². The summed E-state index contributed by atoms with van der Waals surface area (Å²) in [5.41, 5.74) is 4.97. The molecule has 2 heterocycles. The molecule has 0 bridgehead atoms. The average Bonchev–Trinajstić information content (AvgIpc) is 2.58. The number of nitrogens with two attached hydrogens (primary N) is 1. The second-order valence-electron chi connectivity index (χ2n) is 2.89. The number of nitrogens with zero attached hydrogens (tertiary/aromatic N) is 3. The molecule has 0 aromatic carbocycles. The molecule has 8 nitrogen and oxygen atoms in total. The van der Waals surface area contributed by atoms with Gasteiger partial charge in [-0.05, 0) is 6.92 Å². The minimum Gasteiger partial charge on any atom is -0.393 e. The zero-order valence-corrected chi connectivity index (χ0v) is 7.90. The van der Waals surface area contributed by atoms with E-state index < -0.39 is 5.56 Å². The first kappa shape index (κ1) is 9.19. The fourth-order valence-corrected chi connectivity index (χ4v) is 0.973. The molecular weight excluding hydrogens is 198 g/mol. The minimum atomic E-state index is -0.403. The number of nitrogens with one attached hydrogen (secondary N) is 3. The van der Waals surface area contributed by atoms with Crippen molar-refractivity contribution in [1.82, 2.24) is 25.1 Å². The van der Waals surface area contributed by atoms with Gasteiger partial charge in [-0.3, -0.25) is 20.2 Å². The SMILES string of the molecule is Cc1nc(Nc2ncc(N)c(=O)[nH]2)n[nH]1. The molecule has 0 atom stereocenters. The number of rotatable bonds is 2. The molecule has 0 unspecified atom stereocenters. The summed E-state index contributed by atoms with van der Waals surface area (Å²) in [6.07, 6.45) is 1.26. The summed E-state index contributed by atoms with van der Waals surface area (Å²) in [6, 6.07) is 0. The summed E-state index contributed by atoms with van der Waals surface area (Å²) in [5, 5.41) is 9.19. The van der Waals surface area contributed by atoms with Crippen LogP contribution in [0.4, 0.5) is 17.6 Å². The number of aryl methyl sites for hydroxylation is 1. The molecule has 0 saturated carbocycles. The highest BCUT2D eigenvalue weighted by Gasteiger charge is 2.02. The molecule has 2 aromatic heterocycles. The highest BCUT2D eigenvalue weighted by Crippen LogP contribution is 2.04. The first-order chi connectivity index (χ1) is 7.15. The predicted molar refractivity (Wildman–Crippen MR) is 53.7 cm³/mol. The standard InChI is InChI=1S/C7H9N7O/c1-3-10-7(14-13-3)12-6-9-2-4(8)5(15)11-6/h2H,8H2,1H3,(H3,9,10,11,12,13,14,15). The average molecular weight is 207 g/mol. The number of anilines is 3. The van der Waals surface area contributed by atoms with E-state index in [2.05, 4.69) is 30.5 Å². The van der Waals surface area contributed by atoms with Gasteiger partial charge in [-0.25, -0.2) is 4.98 Å². The number of hydrogen-bond donors (Lipinski definition) is 4. The van der Waals surface area contributed by atoms with Crippen LogP contribution in [0.1, 0.15) is 5.82 Å². The Bertz CT molecular complexity index is 528. The maximum Gasteiger partial charge on any atom is 0.275 e. The van der Waals surface area contributed by atoms with E-state index in [0.717, 1.165) is 0 Å². The van der Waals surface area contributed by atoms with Crippen LogP contribution in [0.15, 0.2) is 11.0 Å². The molecule has 78 valence electrons. The van der Waals surface area contributed by atoms with Crippen molar-refractivity contribution in [3.05, 3.63) is 22.4 Å². The van der Waals surface area contributed by atoms with Crippen LogP contribution in [0.25, 0.3) is 0 Å². The lowest BCUT2D eigenvalue weighted by Gasteiger charge is -1.99. The van der Waals surface area contributed by atoms with Crippen LogP contribution < -0.4 is 16.6 Å². The number of nitrogen functional groups attached to an aromatic ring is 1. The van der Waals surface area contributed by atoms with E-state index in [1.807, 2.05) is 0 Å². The zero-order valence-electron chi connectivity index (χ0n) is 7.90. The molecule has 0 radical (unpaired) electrons. The Hall–Kier alpha value is -2.38. The second kappa shape index (κ2) is 3.40. The minimum absolute atomic E-state index is 0.0618. The summed E-state index contributed by atoms with van der Waals surface area (Å²) in [5.74, 6) is 1.24. The first-order valence-corrected chi connectivity index (χ1v) is 4.16. The molecule has 5 N–H and O–H groups in total. The van der Waals surface area contributed by atoms with E-state index >= 15 is 0 Å². The van der Waals surface area contributed by atoms with Crippen LogP contribution in [-0.4, -0.2) is 25.1 Å². The van der Waals surface area contributed by atoms with Gasteiger partial charge in [0.1, 0.15) is 11.5 Å². The molecule has 8 heteroatoms. The molecule has 2 aromatic rings. The Labute approximate surface area is 84.0 Å². The van der Waals surface area contributed by atoms with Gasteiger partial charge in [0.2, 0.25) is 11.9 Å².